The molecule has 25 heavy (non-hydrogen) atoms. The number of aliphatic carboxylic acids is 2. The number of fused-ring (bicyclic) bond motifs is 1. The van der Waals surface area contributed by atoms with Crippen molar-refractivity contribution in [2.45, 2.75) is 13.3 Å². The van der Waals surface area contributed by atoms with Gasteiger partial charge in [0.05, 0.1) is 11.6 Å². The Balaban J connectivity index is 0.000000326. The highest BCUT2D eigenvalue weighted by Gasteiger charge is 2.14. The predicted molar refractivity (Wildman–Crippen MR) is 96.5 cm³/mol. The van der Waals surface area contributed by atoms with Crippen molar-refractivity contribution in [2.24, 2.45) is 0 Å². The van der Waals surface area contributed by atoms with E-state index in [0.29, 0.717) is 0 Å². The molecule has 6 nitrogen and oxygen atoms in total. The van der Waals surface area contributed by atoms with Crippen LogP contribution in [0, 0.1) is 11.3 Å². The van der Waals surface area contributed by atoms with Crippen molar-refractivity contribution in [3.8, 4) is 6.07 Å². The van der Waals surface area contributed by atoms with Gasteiger partial charge in [-0.05, 0) is 41.6 Å². The highest BCUT2D eigenvalue weighted by atomic mass is 32.1. The van der Waals surface area contributed by atoms with Crippen molar-refractivity contribution in [1.82, 2.24) is 4.90 Å². The van der Waals surface area contributed by atoms with Crippen molar-refractivity contribution in [3.63, 3.8) is 0 Å². The van der Waals surface area contributed by atoms with Gasteiger partial charge in [-0.25, -0.2) is 9.59 Å². The topological polar surface area (TPSA) is 102 Å². The van der Waals surface area contributed by atoms with Gasteiger partial charge in [-0.15, -0.1) is 11.3 Å². The molecule has 0 atom stereocenters. The summed E-state index contributed by atoms with van der Waals surface area (Å²) >= 11 is 1.74. The van der Waals surface area contributed by atoms with Crippen LogP contribution in [0.2, 0.25) is 0 Å². The largest absolute Gasteiger partial charge is 0.473 e. The smallest absolute Gasteiger partial charge is 0.414 e. The van der Waals surface area contributed by atoms with Crippen LogP contribution in [-0.2, 0) is 9.59 Å². The van der Waals surface area contributed by atoms with Crippen molar-refractivity contribution in [1.29, 1.82) is 5.26 Å². The lowest BCUT2D eigenvalue weighted by Crippen LogP contribution is -2.27. The van der Waals surface area contributed by atoms with Gasteiger partial charge in [-0.3, -0.25) is 4.90 Å². The normalized spacial score (nSPS) is 14.2. The number of hydrogen-bond acceptors (Lipinski definition) is 5. The Labute approximate surface area is 149 Å². The molecule has 0 aliphatic carbocycles. The molecule has 1 aliphatic heterocycles. The molecule has 7 heteroatoms. The van der Waals surface area contributed by atoms with E-state index in [-0.39, 0.29) is 0 Å². The van der Waals surface area contributed by atoms with E-state index in [1.165, 1.54) is 21.2 Å². The minimum Gasteiger partial charge on any atom is -0.473 e. The average molecular weight is 358 g/mol. The number of thiophene rings is 1. The average Bonchev–Trinajstić information content (AvgIpc) is 3.05. The molecule has 1 aromatic heterocycles. The summed E-state index contributed by atoms with van der Waals surface area (Å²) in [5, 5.41) is 27.3. The Morgan fingerprint density at radius 2 is 2.04 bits per heavy atom. The van der Waals surface area contributed by atoms with Crippen LogP contribution < -0.4 is 0 Å². The first kappa shape index (κ1) is 18.6. The molecule has 0 bridgehead atoms. The van der Waals surface area contributed by atoms with Gasteiger partial charge in [0.1, 0.15) is 0 Å². The lowest BCUT2D eigenvalue weighted by Gasteiger charge is -2.24. The fourth-order valence-electron chi connectivity index (χ4n) is 2.59. The van der Waals surface area contributed by atoms with E-state index in [1.807, 2.05) is 12.1 Å². The van der Waals surface area contributed by atoms with E-state index in [2.05, 4.69) is 35.4 Å². The Morgan fingerprint density at radius 1 is 1.32 bits per heavy atom. The van der Waals surface area contributed by atoms with Crippen LogP contribution in [-0.4, -0.2) is 46.7 Å². The number of likely N-dealkylation sites (N-methyl/N-ethyl adjacent to an activating group) is 1. The summed E-state index contributed by atoms with van der Waals surface area (Å²) in [6.45, 7) is 5.54. The molecule has 0 fully saturated rings. The minimum atomic E-state index is -1.82. The summed E-state index contributed by atoms with van der Waals surface area (Å²) in [5.74, 6) is -3.65. The van der Waals surface area contributed by atoms with Crippen LogP contribution >= 0.6 is 11.3 Å². The zero-order valence-corrected chi connectivity index (χ0v) is 14.5. The van der Waals surface area contributed by atoms with Crippen LogP contribution in [0.5, 0.6) is 0 Å². The van der Waals surface area contributed by atoms with E-state index in [0.717, 1.165) is 31.6 Å². The molecule has 0 amide bonds. The van der Waals surface area contributed by atoms with Gasteiger partial charge in [0.15, 0.2) is 0 Å². The summed E-state index contributed by atoms with van der Waals surface area (Å²) in [4.78, 5) is 20.6. The lowest BCUT2D eigenvalue weighted by atomic mass is 9.98. The van der Waals surface area contributed by atoms with Gasteiger partial charge < -0.3 is 10.2 Å². The van der Waals surface area contributed by atoms with Crippen molar-refractivity contribution in [3.05, 3.63) is 40.8 Å². The molecule has 2 aromatic rings. The molecule has 0 radical (unpaired) electrons. The molecule has 1 aromatic carbocycles. The molecule has 1 aliphatic rings. The van der Waals surface area contributed by atoms with E-state index in [1.54, 1.807) is 11.3 Å². The fraction of sp³-hybridized carbons (Fsp3) is 0.278. The second kappa shape index (κ2) is 8.42. The van der Waals surface area contributed by atoms with E-state index in [9.17, 15) is 0 Å². The van der Waals surface area contributed by atoms with Crippen LogP contribution in [0.15, 0.2) is 29.7 Å². The van der Waals surface area contributed by atoms with E-state index < -0.39 is 11.9 Å². The number of carboxylic acid groups (broad SMARTS) is 2. The van der Waals surface area contributed by atoms with Gasteiger partial charge >= 0.3 is 11.9 Å². The number of benzene rings is 1. The van der Waals surface area contributed by atoms with Crippen molar-refractivity contribution < 1.29 is 19.8 Å². The molecule has 2 heterocycles. The standard InChI is InChI=1S/C16H16N2S.C2H2O4/c1-2-18-7-5-13(6-8-18)15-11-19-16-9-12(10-17)3-4-14(15)16;3-1(4)2(5)6/h3-5,9,11H,2,6-8H2,1H3;(H,3,4)(H,5,6). The van der Waals surface area contributed by atoms with Gasteiger partial charge in [-0.1, -0.05) is 19.1 Å². The number of nitrogens with zero attached hydrogens (tertiary/aromatic N) is 2. The van der Waals surface area contributed by atoms with Gasteiger partial charge in [0.25, 0.3) is 0 Å². The fourth-order valence-corrected chi connectivity index (χ4v) is 3.61. The van der Waals surface area contributed by atoms with Crippen molar-refractivity contribution in [2.75, 3.05) is 19.6 Å². The second-order valence-electron chi connectivity index (χ2n) is 5.46. The molecule has 0 unspecified atom stereocenters. The Hall–Kier alpha value is -2.69. The minimum absolute atomic E-state index is 0.746. The number of nitriles is 1. The molecule has 2 N–H and O–H groups in total. The summed E-state index contributed by atoms with van der Waals surface area (Å²) in [6.07, 6.45) is 3.48. The summed E-state index contributed by atoms with van der Waals surface area (Å²) in [7, 11) is 0. The highest BCUT2D eigenvalue weighted by molar-refractivity contribution is 7.17. The maximum atomic E-state index is 9.10. The second-order valence-corrected chi connectivity index (χ2v) is 6.37. The van der Waals surface area contributed by atoms with Crippen LogP contribution in [0.25, 0.3) is 15.7 Å². The Kier molecular flexibility index (Phi) is 6.28. The van der Waals surface area contributed by atoms with Crippen LogP contribution in [0.4, 0.5) is 0 Å². The lowest BCUT2D eigenvalue weighted by molar-refractivity contribution is -0.159. The molecule has 3 rings (SSSR count). The first-order valence-electron chi connectivity index (χ1n) is 7.75. The third-order valence-electron chi connectivity index (χ3n) is 3.97. The third-order valence-corrected chi connectivity index (χ3v) is 4.92. The van der Waals surface area contributed by atoms with Crippen molar-refractivity contribution >= 4 is 38.9 Å². The molecular weight excluding hydrogens is 340 g/mol. The highest BCUT2D eigenvalue weighted by Crippen LogP contribution is 2.34. The Bertz CT molecular complexity index is 852. The molecule has 0 saturated carbocycles. The first-order valence-corrected chi connectivity index (χ1v) is 8.63. The van der Waals surface area contributed by atoms with E-state index in [4.69, 9.17) is 25.1 Å². The van der Waals surface area contributed by atoms with Gasteiger partial charge in [0.2, 0.25) is 0 Å². The SMILES string of the molecule is CCN1CC=C(c2csc3cc(C#N)ccc23)CC1.O=C(O)C(=O)O. The third kappa shape index (κ3) is 4.66. The first-order chi connectivity index (χ1) is 12.0. The molecule has 130 valence electrons. The molecule has 0 spiro atoms. The zero-order valence-electron chi connectivity index (χ0n) is 13.7. The summed E-state index contributed by atoms with van der Waals surface area (Å²) in [6, 6.07) is 8.20. The number of carbonyl (C=O) groups is 2. The maximum Gasteiger partial charge on any atom is 0.414 e. The van der Waals surface area contributed by atoms with Gasteiger partial charge in [-0.2, -0.15) is 5.26 Å². The molecular formula is C18H18N2O4S. The monoisotopic (exact) mass is 358 g/mol. The quantitative estimate of drug-likeness (QED) is 0.800. The van der Waals surface area contributed by atoms with E-state index >= 15 is 0 Å². The predicted octanol–water partition coefficient (Wildman–Crippen LogP) is 3.04. The Morgan fingerprint density at radius 3 is 2.56 bits per heavy atom. The number of rotatable bonds is 2. The molecule has 0 saturated heterocycles. The maximum absolute atomic E-state index is 9.10. The number of hydrogen-bond donors (Lipinski definition) is 2. The summed E-state index contributed by atoms with van der Waals surface area (Å²) < 4.78 is 1.22. The van der Waals surface area contributed by atoms with Gasteiger partial charge in [0, 0.05) is 23.2 Å². The zero-order chi connectivity index (χ0) is 18.4. The van der Waals surface area contributed by atoms with Crippen LogP contribution in [0.1, 0.15) is 24.5 Å². The van der Waals surface area contributed by atoms with Crippen LogP contribution in [0.3, 0.4) is 0 Å². The number of carboxylic acids is 2. The summed E-state index contributed by atoms with van der Waals surface area (Å²) in [5.41, 5.74) is 3.57.